The number of carbonyl (C=O) groups is 4. The maximum absolute atomic E-state index is 12.7. The van der Waals surface area contributed by atoms with Crippen LogP contribution in [0.5, 0.6) is 11.5 Å². The molecule has 0 bridgehead atoms. The summed E-state index contributed by atoms with van der Waals surface area (Å²) < 4.78 is 0. The normalized spacial score (nSPS) is 13.9. The molecule has 144 valence electrons. The van der Waals surface area contributed by atoms with E-state index in [4.69, 9.17) is 0 Å². The lowest BCUT2D eigenvalue weighted by atomic mass is 10.0. The average molecular weight is 382 g/mol. The van der Waals surface area contributed by atoms with Crippen LogP contribution in [0.25, 0.3) is 0 Å². The predicted octanol–water partition coefficient (Wildman–Crippen LogP) is 1.32. The number of hydrogen-bond acceptors (Lipinski definition) is 6. The van der Waals surface area contributed by atoms with E-state index in [-0.39, 0.29) is 40.0 Å². The van der Waals surface area contributed by atoms with Crippen molar-refractivity contribution in [3.05, 3.63) is 58.7 Å². The molecule has 28 heavy (non-hydrogen) atoms. The van der Waals surface area contributed by atoms with Gasteiger partial charge in [0.1, 0.15) is 0 Å². The summed E-state index contributed by atoms with van der Waals surface area (Å²) in [6.07, 6.45) is 1.09. The Hall–Kier alpha value is -3.68. The molecule has 1 aliphatic rings. The van der Waals surface area contributed by atoms with Gasteiger partial charge in [-0.25, -0.2) is 0 Å². The number of aromatic hydroxyl groups is 2. The Morgan fingerprint density at radius 2 is 1.21 bits per heavy atom. The first-order valence-corrected chi connectivity index (χ1v) is 8.59. The molecule has 0 aliphatic carbocycles. The number of benzene rings is 2. The number of hydrogen-bond donors (Lipinski definition) is 2. The first kappa shape index (κ1) is 19.1. The minimum absolute atomic E-state index is 0.154. The quantitative estimate of drug-likeness (QED) is 0.609. The second-order valence-electron chi connectivity index (χ2n) is 6.37. The Morgan fingerprint density at radius 1 is 0.714 bits per heavy atom. The van der Waals surface area contributed by atoms with Crippen molar-refractivity contribution in [2.75, 3.05) is 26.2 Å². The lowest BCUT2D eigenvalue weighted by Gasteiger charge is -2.35. The molecular formula is C20H18N2O6. The van der Waals surface area contributed by atoms with Crippen LogP contribution in [-0.2, 0) is 0 Å². The molecule has 0 aromatic heterocycles. The van der Waals surface area contributed by atoms with E-state index < -0.39 is 0 Å². The van der Waals surface area contributed by atoms with Crippen LogP contribution in [0.15, 0.2) is 36.4 Å². The first-order chi connectivity index (χ1) is 13.4. The second-order valence-corrected chi connectivity index (χ2v) is 6.37. The van der Waals surface area contributed by atoms with Gasteiger partial charge in [0.05, 0.1) is 0 Å². The molecule has 2 amide bonds. The summed E-state index contributed by atoms with van der Waals surface area (Å²) in [6.45, 7) is 1.22. The van der Waals surface area contributed by atoms with Crippen LogP contribution in [-0.4, -0.2) is 70.6 Å². The fourth-order valence-electron chi connectivity index (χ4n) is 3.05. The molecule has 8 heteroatoms. The van der Waals surface area contributed by atoms with Crippen LogP contribution >= 0.6 is 0 Å². The molecule has 0 spiro atoms. The summed E-state index contributed by atoms with van der Waals surface area (Å²) in [5.74, 6) is -1.26. The van der Waals surface area contributed by atoms with E-state index in [0.29, 0.717) is 44.3 Å². The van der Waals surface area contributed by atoms with Crippen LogP contribution in [0.2, 0.25) is 0 Å². The van der Waals surface area contributed by atoms with E-state index in [2.05, 4.69) is 0 Å². The highest BCUT2D eigenvalue weighted by Gasteiger charge is 2.26. The first-order valence-electron chi connectivity index (χ1n) is 8.59. The average Bonchev–Trinajstić information content (AvgIpc) is 2.74. The molecular weight excluding hydrogens is 364 g/mol. The Morgan fingerprint density at radius 3 is 1.71 bits per heavy atom. The number of phenols is 2. The third kappa shape index (κ3) is 3.71. The van der Waals surface area contributed by atoms with Crippen molar-refractivity contribution in [3.8, 4) is 11.5 Å². The number of piperazine rings is 1. The van der Waals surface area contributed by atoms with Crippen molar-refractivity contribution >= 4 is 24.4 Å². The topological polar surface area (TPSA) is 115 Å². The van der Waals surface area contributed by atoms with Gasteiger partial charge in [-0.2, -0.15) is 0 Å². The maximum atomic E-state index is 12.7. The van der Waals surface area contributed by atoms with Gasteiger partial charge in [0.2, 0.25) is 0 Å². The molecule has 0 saturated carbocycles. The summed E-state index contributed by atoms with van der Waals surface area (Å²) in [5.41, 5.74) is 0.923. The van der Waals surface area contributed by atoms with Gasteiger partial charge in [-0.05, 0) is 30.3 Å². The molecule has 3 rings (SSSR count). The molecule has 1 aliphatic heterocycles. The molecule has 1 heterocycles. The predicted molar refractivity (Wildman–Crippen MR) is 98.8 cm³/mol. The Bertz CT molecular complexity index is 948. The molecule has 8 nitrogen and oxygen atoms in total. The van der Waals surface area contributed by atoms with E-state index in [1.54, 1.807) is 9.80 Å². The summed E-state index contributed by atoms with van der Waals surface area (Å²) in [5, 5.41) is 18.9. The highest BCUT2D eigenvalue weighted by molar-refractivity contribution is 5.99. The van der Waals surface area contributed by atoms with Crippen molar-refractivity contribution < 1.29 is 29.4 Å². The molecule has 2 N–H and O–H groups in total. The minimum Gasteiger partial charge on any atom is -0.504 e. The molecule has 0 radical (unpaired) electrons. The summed E-state index contributed by atoms with van der Waals surface area (Å²) in [4.78, 5) is 50.3. The summed E-state index contributed by atoms with van der Waals surface area (Å²) >= 11 is 0. The van der Waals surface area contributed by atoms with E-state index in [9.17, 15) is 29.4 Å². The van der Waals surface area contributed by atoms with Gasteiger partial charge in [0, 0.05) is 48.4 Å². The van der Waals surface area contributed by atoms with Crippen molar-refractivity contribution in [1.82, 2.24) is 9.80 Å². The Kier molecular flexibility index (Phi) is 5.39. The number of nitrogens with zero attached hydrogens (tertiary/aromatic N) is 2. The Balaban J connectivity index is 1.67. The lowest BCUT2D eigenvalue weighted by Crippen LogP contribution is -2.50. The van der Waals surface area contributed by atoms with Crippen LogP contribution in [0, 0.1) is 0 Å². The fraction of sp³-hybridized carbons (Fsp3) is 0.200. The van der Waals surface area contributed by atoms with Crippen molar-refractivity contribution in [3.63, 3.8) is 0 Å². The number of phenolic OH excluding ortho intramolecular Hbond substituents is 2. The van der Waals surface area contributed by atoms with Gasteiger partial charge in [-0.3, -0.25) is 19.2 Å². The molecule has 0 unspecified atom stereocenters. The van der Waals surface area contributed by atoms with E-state index in [1.807, 2.05) is 0 Å². The van der Waals surface area contributed by atoms with Crippen LogP contribution in [0.3, 0.4) is 0 Å². The summed E-state index contributed by atoms with van der Waals surface area (Å²) in [6, 6.07) is 8.18. The van der Waals surface area contributed by atoms with E-state index in [1.165, 1.54) is 36.4 Å². The van der Waals surface area contributed by atoms with Gasteiger partial charge < -0.3 is 20.0 Å². The third-order valence-corrected chi connectivity index (χ3v) is 4.66. The van der Waals surface area contributed by atoms with Crippen LogP contribution < -0.4 is 0 Å². The van der Waals surface area contributed by atoms with Crippen LogP contribution in [0.1, 0.15) is 41.4 Å². The fourth-order valence-corrected chi connectivity index (χ4v) is 3.05. The Labute approximate surface area is 160 Å². The lowest BCUT2D eigenvalue weighted by molar-refractivity contribution is 0.0535. The van der Waals surface area contributed by atoms with Gasteiger partial charge in [-0.1, -0.05) is 6.07 Å². The number of amides is 2. The second kappa shape index (κ2) is 7.91. The van der Waals surface area contributed by atoms with Crippen molar-refractivity contribution in [2.24, 2.45) is 0 Å². The monoisotopic (exact) mass is 382 g/mol. The number of aldehydes is 2. The summed E-state index contributed by atoms with van der Waals surface area (Å²) in [7, 11) is 0. The number of rotatable bonds is 4. The van der Waals surface area contributed by atoms with Crippen LogP contribution in [0.4, 0.5) is 0 Å². The molecule has 1 saturated heterocycles. The maximum Gasteiger partial charge on any atom is 0.254 e. The van der Waals surface area contributed by atoms with Gasteiger partial charge in [0.15, 0.2) is 24.1 Å². The van der Waals surface area contributed by atoms with Gasteiger partial charge >= 0.3 is 0 Å². The zero-order valence-corrected chi connectivity index (χ0v) is 14.9. The zero-order chi connectivity index (χ0) is 20.3. The van der Waals surface area contributed by atoms with E-state index in [0.717, 1.165) is 0 Å². The van der Waals surface area contributed by atoms with E-state index >= 15 is 0 Å². The minimum atomic E-state index is -0.371. The molecule has 2 aromatic rings. The van der Waals surface area contributed by atoms with Gasteiger partial charge in [0.25, 0.3) is 11.8 Å². The molecule has 1 fully saturated rings. The van der Waals surface area contributed by atoms with Crippen molar-refractivity contribution in [2.45, 2.75) is 0 Å². The van der Waals surface area contributed by atoms with Gasteiger partial charge in [-0.15, -0.1) is 0 Å². The molecule has 0 atom stereocenters. The standard InChI is InChI=1S/C20H18N2O6/c23-11-15-2-1-13(9-16(15)12-24)19(27)21-5-7-22(8-6-21)20(28)14-3-4-17(25)18(26)10-14/h1-4,9-12,25-26H,5-8H2. The highest BCUT2D eigenvalue weighted by atomic mass is 16.3. The van der Waals surface area contributed by atoms with Crippen molar-refractivity contribution in [1.29, 1.82) is 0 Å². The largest absolute Gasteiger partial charge is 0.504 e. The zero-order valence-electron chi connectivity index (χ0n) is 14.9. The number of carbonyl (C=O) groups excluding carboxylic acids is 4. The third-order valence-electron chi connectivity index (χ3n) is 4.66. The SMILES string of the molecule is O=Cc1ccc(C(=O)N2CCN(C(=O)c3ccc(O)c(O)c3)CC2)cc1C=O. The smallest absolute Gasteiger partial charge is 0.254 e. The highest BCUT2D eigenvalue weighted by Crippen LogP contribution is 2.25. The molecule has 2 aromatic carbocycles.